The highest BCUT2D eigenvalue weighted by Gasteiger charge is 2.35. The first-order valence-corrected chi connectivity index (χ1v) is 7.90. The molecule has 114 valence electrons. The highest BCUT2D eigenvalue weighted by molar-refractivity contribution is 5.82. The van der Waals surface area contributed by atoms with E-state index in [1.54, 1.807) is 0 Å². The minimum atomic E-state index is -0.377. The van der Waals surface area contributed by atoms with Gasteiger partial charge in [-0.1, -0.05) is 37.3 Å². The highest BCUT2D eigenvalue weighted by Crippen LogP contribution is 2.33. The van der Waals surface area contributed by atoms with Crippen molar-refractivity contribution in [3.05, 3.63) is 35.9 Å². The lowest BCUT2D eigenvalue weighted by atomic mass is 9.81. The normalized spacial score (nSPS) is 33.1. The van der Waals surface area contributed by atoms with E-state index in [9.17, 15) is 9.90 Å². The Morgan fingerprint density at radius 1 is 1.33 bits per heavy atom. The third-order valence-corrected chi connectivity index (χ3v) is 4.85. The first kappa shape index (κ1) is 14.5. The number of benzene rings is 1. The van der Waals surface area contributed by atoms with Gasteiger partial charge in [0.2, 0.25) is 5.91 Å². The van der Waals surface area contributed by atoms with Gasteiger partial charge < -0.3 is 15.3 Å². The van der Waals surface area contributed by atoms with E-state index in [0.717, 1.165) is 19.5 Å². The molecule has 2 heterocycles. The van der Waals surface area contributed by atoms with Crippen molar-refractivity contribution in [1.82, 2.24) is 10.2 Å². The van der Waals surface area contributed by atoms with Gasteiger partial charge in [-0.3, -0.25) is 4.79 Å². The van der Waals surface area contributed by atoms with Gasteiger partial charge in [-0.15, -0.1) is 0 Å². The van der Waals surface area contributed by atoms with Gasteiger partial charge in [-0.25, -0.2) is 0 Å². The molecular formula is C17H24N2O2. The summed E-state index contributed by atoms with van der Waals surface area (Å²) in [5.41, 5.74) is 1.38. The zero-order valence-electron chi connectivity index (χ0n) is 12.5. The standard InChI is InChI=1S/C17H24N2O2/c1-12-11-19(17(21)16-9-14(20)10-18-16)8-7-15(12)13-5-3-2-4-6-13/h2-6,12,14-16,18,20H,7-11H2,1H3. The molecule has 3 rings (SSSR count). The molecule has 4 atom stereocenters. The van der Waals surface area contributed by atoms with Crippen LogP contribution >= 0.6 is 0 Å². The topological polar surface area (TPSA) is 52.6 Å². The van der Waals surface area contributed by atoms with Gasteiger partial charge in [0.15, 0.2) is 0 Å². The van der Waals surface area contributed by atoms with E-state index in [0.29, 0.717) is 24.8 Å². The van der Waals surface area contributed by atoms with Gasteiger partial charge >= 0.3 is 0 Å². The summed E-state index contributed by atoms with van der Waals surface area (Å²) in [6.07, 6.45) is 1.19. The van der Waals surface area contributed by atoms with Crippen LogP contribution in [0, 0.1) is 5.92 Å². The first-order chi connectivity index (χ1) is 10.1. The van der Waals surface area contributed by atoms with Crippen molar-refractivity contribution in [2.45, 2.75) is 37.8 Å². The highest BCUT2D eigenvalue weighted by atomic mass is 16.3. The number of nitrogens with one attached hydrogen (secondary N) is 1. The number of carbonyl (C=O) groups excluding carboxylic acids is 1. The van der Waals surface area contributed by atoms with Crippen molar-refractivity contribution < 1.29 is 9.90 Å². The number of rotatable bonds is 2. The number of hydrogen-bond acceptors (Lipinski definition) is 3. The summed E-state index contributed by atoms with van der Waals surface area (Å²) in [5, 5.41) is 12.7. The molecule has 4 heteroatoms. The second-order valence-corrected chi connectivity index (χ2v) is 6.42. The Bertz CT molecular complexity index is 491. The molecule has 0 spiro atoms. The Hall–Kier alpha value is -1.39. The number of likely N-dealkylation sites (tertiary alicyclic amines) is 1. The molecule has 0 saturated carbocycles. The van der Waals surface area contributed by atoms with E-state index in [1.165, 1.54) is 5.56 Å². The monoisotopic (exact) mass is 288 g/mol. The minimum absolute atomic E-state index is 0.157. The van der Waals surface area contributed by atoms with Crippen LogP contribution in [0.3, 0.4) is 0 Å². The number of aliphatic hydroxyl groups is 1. The second kappa shape index (κ2) is 6.16. The smallest absolute Gasteiger partial charge is 0.239 e. The van der Waals surface area contributed by atoms with Crippen molar-refractivity contribution in [3.63, 3.8) is 0 Å². The predicted octanol–water partition coefficient (Wildman–Crippen LogP) is 1.36. The Balaban J connectivity index is 1.62. The zero-order chi connectivity index (χ0) is 14.8. The number of nitrogens with zero attached hydrogens (tertiary/aromatic N) is 1. The zero-order valence-corrected chi connectivity index (χ0v) is 12.5. The van der Waals surface area contributed by atoms with Crippen LogP contribution in [0.4, 0.5) is 0 Å². The minimum Gasteiger partial charge on any atom is -0.392 e. The maximum atomic E-state index is 12.5. The van der Waals surface area contributed by atoms with E-state index in [1.807, 2.05) is 11.0 Å². The molecular weight excluding hydrogens is 264 g/mol. The quantitative estimate of drug-likeness (QED) is 0.864. The molecule has 1 aromatic rings. The third kappa shape index (κ3) is 3.11. The number of β-amino-alcohol motifs (C(OH)–C–C–N with tert-alkyl or cyclic N) is 1. The molecule has 0 bridgehead atoms. The average Bonchev–Trinajstić information content (AvgIpc) is 2.94. The largest absolute Gasteiger partial charge is 0.392 e. The van der Waals surface area contributed by atoms with Crippen LogP contribution in [0.15, 0.2) is 30.3 Å². The predicted molar refractivity (Wildman–Crippen MR) is 82.0 cm³/mol. The number of hydrogen-bond donors (Lipinski definition) is 2. The van der Waals surface area contributed by atoms with Gasteiger partial charge in [-0.05, 0) is 30.2 Å². The third-order valence-electron chi connectivity index (χ3n) is 4.85. The van der Waals surface area contributed by atoms with Crippen molar-refractivity contribution in [1.29, 1.82) is 0 Å². The Labute approximate surface area is 126 Å². The van der Waals surface area contributed by atoms with E-state index in [2.05, 4.69) is 36.5 Å². The average molecular weight is 288 g/mol. The number of aliphatic hydroxyl groups excluding tert-OH is 1. The molecule has 2 aliphatic heterocycles. The van der Waals surface area contributed by atoms with Gasteiger partial charge in [0.05, 0.1) is 12.1 Å². The number of carbonyl (C=O) groups is 1. The van der Waals surface area contributed by atoms with E-state index < -0.39 is 0 Å². The van der Waals surface area contributed by atoms with Gasteiger partial charge in [0.1, 0.15) is 0 Å². The van der Waals surface area contributed by atoms with Crippen LogP contribution in [0.5, 0.6) is 0 Å². The van der Waals surface area contributed by atoms with Gasteiger partial charge in [0.25, 0.3) is 0 Å². The maximum absolute atomic E-state index is 12.5. The van der Waals surface area contributed by atoms with Crippen LogP contribution in [-0.2, 0) is 4.79 Å². The molecule has 4 nitrogen and oxygen atoms in total. The molecule has 4 unspecified atom stereocenters. The van der Waals surface area contributed by atoms with Crippen LogP contribution in [0.1, 0.15) is 31.2 Å². The van der Waals surface area contributed by atoms with Gasteiger partial charge in [0, 0.05) is 19.6 Å². The van der Waals surface area contributed by atoms with Crippen LogP contribution in [0.2, 0.25) is 0 Å². The fraction of sp³-hybridized carbons (Fsp3) is 0.588. The number of piperidine rings is 1. The summed E-state index contributed by atoms with van der Waals surface area (Å²) >= 11 is 0. The van der Waals surface area contributed by atoms with E-state index >= 15 is 0 Å². The molecule has 1 amide bonds. The molecule has 0 radical (unpaired) electrons. The van der Waals surface area contributed by atoms with Crippen molar-refractivity contribution in [2.75, 3.05) is 19.6 Å². The number of amides is 1. The lowest BCUT2D eigenvalue weighted by molar-refractivity contribution is -0.135. The Morgan fingerprint density at radius 2 is 2.10 bits per heavy atom. The Morgan fingerprint density at radius 3 is 2.71 bits per heavy atom. The molecule has 2 fully saturated rings. The van der Waals surface area contributed by atoms with E-state index in [-0.39, 0.29) is 18.1 Å². The summed E-state index contributed by atoms with van der Waals surface area (Å²) in [4.78, 5) is 14.5. The van der Waals surface area contributed by atoms with Crippen LogP contribution in [0.25, 0.3) is 0 Å². The molecule has 21 heavy (non-hydrogen) atoms. The maximum Gasteiger partial charge on any atom is 0.239 e. The molecule has 0 aliphatic carbocycles. The van der Waals surface area contributed by atoms with Crippen LogP contribution in [-0.4, -0.2) is 47.7 Å². The molecule has 1 aromatic carbocycles. The molecule has 0 aromatic heterocycles. The summed E-state index contributed by atoms with van der Waals surface area (Å²) < 4.78 is 0. The summed E-state index contributed by atoms with van der Waals surface area (Å²) in [6.45, 7) is 4.39. The first-order valence-electron chi connectivity index (χ1n) is 7.90. The lowest BCUT2D eigenvalue weighted by Crippen LogP contribution is -2.49. The van der Waals surface area contributed by atoms with Crippen LogP contribution < -0.4 is 5.32 Å². The van der Waals surface area contributed by atoms with Crippen molar-refractivity contribution in [3.8, 4) is 0 Å². The van der Waals surface area contributed by atoms with Crippen molar-refractivity contribution >= 4 is 5.91 Å². The molecule has 2 aliphatic rings. The molecule has 2 saturated heterocycles. The fourth-order valence-electron chi connectivity index (χ4n) is 3.67. The second-order valence-electron chi connectivity index (χ2n) is 6.42. The molecule has 2 N–H and O–H groups in total. The summed E-state index contributed by atoms with van der Waals surface area (Å²) in [5.74, 6) is 1.17. The van der Waals surface area contributed by atoms with E-state index in [4.69, 9.17) is 0 Å². The summed E-state index contributed by atoms with van der Waals surface area (Å²) in [7, 11) is 0. The summed E-state index contributed by atoms with van der Waals surface area (Å²) in [6, 6.07) is 10.4. The van der Waals surface area contributed by atoms with Crippen molar-refractivity contribution in [2.24, 2.45) is 5.92 Å². The fourth-order valence-corrected chi connectivity index (χ4v) is 3.67. The van der Waals surface area contributed by atoms with Gasteiger partial charge in [-0.2, -0.15) is 0 Å². The lowest BCUT2D eigenvalue weighted by Gasteiger charge is -2.38. The Kier molecular flexibility index (Phi) is 4.27. The SMILES string of the molecule is CC1CN(C(=O)C2CC(O)CN2)CCC1c1ccccc1.